The van der Waals surface area contributed by atoms with Gasteiger partial charge in [-0.2, -0.15) is 4.98 Å². The molecule has 0 amide bonds. The van der Waals surface area contributed by atoms with Crippen molar-refractivity contribution < 1.29 is 9.26 Å². The van der Waals surface area contributed by atoms with Gasteiger partial charge in [0.2, 0.25) is 0 Å². The van der Waals surface area contributed by atoms with Gasteiger partial charge in [0.25, 0.3) is 5.89 Å². The quantitative estimate of drug-likeness (QED) is 0.763. The zero-order valence-corrected chi connectivity index (χ0v) is 8.32. The normalized spacial score (nSPS) is 27.9. The van der Waals surface area contributed by atoms with Gasteiger partial charge in [-0.3, -0.25) is 0 Å². The van der Waals surface area contributed by atoms with Crippen LogP contribution in [-0.4, -0.2) is 16.7 Å². The van der Waals surface area contributed by atoms with Crippen LogP contribution in [-0.2, 0) is 16.9 Å². The van der Waals surface area contributed by atoms with Crippen molar-refractivity contribution in [2.24, 2.45) is 5.73 Å². The Balaban J connectivity index is 2.19. The van der Waals surface area contributed by atoms with Gasteiger partial charge in [-0.05, 0) is 26.2 Å². The molecule has 14 heavy (non-hydrogen) atoms. The Morgan fingerprint density at radius 2 is 2.36 bits per heavy atom. The molecular weight excluding hydrogens is 182 g/mol. The Morgan fingerprint density at radius 3 is 2.93 bits per heavy atom. The summed E-state index contributed by atoms with van der Waals surface area (Å²) in [6.45, 7) is 3.05. The minimum Gasteiger partial charge on any atom is -0.365 e. The molecule has 0 spiro atoms. The summed E-state index contributed by atoms with van der Waals surface area (Å²) in [7, 11) is 0. The molecule has 0 radical (unpaired) electrons. The maximum Gasteiger partial charge on any atom is 0.258 e. The van der Waals surface area contributed by atoms with Gasteiger partial charge in [0.05, 0.1) is 6.54 Å². The summed E-state index contributed by atoms with van der Waals surface area (Å²) in [5, 5.41) is 3.76. The summed E-state index contributed by atoms with van der Waals surface area (Å²) in [6.07, 6.45) is 3.17. The smallest absolute Gasteiger partial charge is 0.258 e. The van der Waals surface area contributed by atoms with Gasteiger partial charge in [0.1, 0.15) is 5.60 Å². The second-order valence-corrected chi connectivity index (χ2v) is 3.76. The summed E-state index contributed by atoms with van der Waals surface area (Å²) >= 11 is 0. The van der Waals surface area contributed by atoms with E-state index in [9.17, 15) is 0 Å². The van der Waals surface area contributed by atoms with E-state index in [2.05, 4.69) is 10.1 Å². The predicted octanol–water partition coefficient (Wildman–Crippen LogP) is 0.944. The summed E-state index contributed by atoms with van der Waals surface area (Å²) < 4.78 is 10.8. The number of nitrogens with two attached hydrogens (primary N) is 1. The van der Waals surface area contributed by atoms with E-state index in [1.165, 1.54) is 0 Å². The van der Waals surface area contributed by atoms with E-state index >= 15 is 0 Å². The third-order valence-electron chi connectivity index (χ3n) is 2.57. The molecule has 1 aromatic heterocycles. The Morgan fingerprint density at radius 1 is 1.50 bits per heavy atom. The van der Waals surface area contributed by atoms with Gasteiger partial charge < -0.3 is 15.0 Å². The van der Waals surface area contributed by atoms with E-state index in [0.29, 0.717) is 18.3 Å². The van der Waals surface area contributed by atoms with Crippen LogP contribution >= 0.6 is 0 Å². The third-order valence-corrected chi connectivity index (χ3v) is 2.57. The Bertz CT molecular complexity index is 305. The molecule has 5 heteroatoms. The van der Waals surface area contributed by atoms with Gasteiger partial charge in [-0.1, -0.05) is 5.16 Å². The van der Waals surface area contributed by atoms with Crippen molar-refractivity contribution in [3.63, 3.8) is 0 Å². The van der Waals surface area contributed by atoms with E-state index in [1.54, 1.807) is 0 Å². The van der Waals surface area contributed by atoms with Crippen LogP contribution in [0.5, 0.6) is 0 Å². The largest absolute Gasteiger partial charge is 0.365 e. The van der Waals surface area contributed by atoms with E-state index in [1.807, 2.05) is 6.92 Å². The van der Waals surface area contributed by atoms with Crippen molar-refractivity contribution >= 4 is 0 Å². The first-order chi connectivity index (χ1) is 6.74. The standard InChI is InChI=1S/C9H15N3O2/c1-9(4-2-3-5-13-9)8-11-7(6-10)12-14-8/h2-6,10H2,1H3. The fourth-order valence-electron chi connectivity index (χ4n) is 1.65. The fraction of sp³-hybridized carbons (Fsp3) is 0.778. The lowest BCUT2D eigenvalue weighted by Crippen LogP contribution is -2.30. The fourth-order valence-corrected chi connectivity index (χ4v) is 1.65. The van der Waals surface area contributed by atoms with Crippen LogP contribution in [0, 0.1) is 0 Å². The predicted molar refractivity (Wildman–Crippen MR) is 49.3 cm³/mol. The minimum atomic E-state index is -0.404. The molecule has 0 saturated carbocycles. The Labute approximate surface area is 82.6 Å². The van der Waals surface area contributed by atoms with Crippen molar-refractivity contribution in [3.8, 4) is 0 Å². The SMILES string of the molecule is CC1(c2nc(CN)no2)CCCCO1. The first-order valence-corrected chi connectivity index (χ1v) is 4.92. The first-order valence-electron chi connectivity index (χ1n) is 4.92. The van der Waals surface area contributed by atoms with Crippen molar-refractivity contribution in [3.05, 3.63) is 11.7 Å². The molecule has 1 atom stereocenters. The molecule has 0 aliphatic carbocycles. The molecule has 1 fully saturated rings. The zero-order chi connectivity index (χ0) is 10.0. The Kier molecular flexibility index (Phi) is 2.52. The van der Waals surface area contributed by atoms with Gasteiger partial charge in [-0.25, -0.2) is 0 Å². The monoisotopic (exact) mass is 197 g/mol. The molecule has 1 saturated heterocycles. The molecule has 1 aliphatic rings. The molecule has 0 bridgehead atoms. The highest BCUT2D eigenvalue weighted by Gasteiger charge is 2.35. The molecule has 5 nitrogen and oxygen atoms in total. The van der Waals surface area contributed by atoms with Crippen LogP contribution in [0.4, 0.5) is 0 Å². The summed E-state index contributed by atoms with van der Waals surface area (Å²) in [5.74, 6) is 1.09. The third kappa shape index (κ3) is 1.65. The lowest BCUT2D eigenvalue weighted by atomic mass is 9.96. The minimum absolute atomic E-state index is 0.305. The summed E-state index contributed by atoms with van der Waals surface area (Å²) in [6, 6.07) is 0. The van der Waals surface area contributed by atoms with Crippen molar-refractivity contribution in [2.45, 2.75) is 38.3 Å². The van der Waals surface area contributed by atoms with Crippen molar-refractivity contribution in [1.82, 2.24) is 10.1 Å². The van der Waals surface area contributed by atoms with E-state index in [-0.39, 0.29) is 0 Å². The molecule has 2 rings (SSSR count). The highest BCUT2D eigenvalue weighted by Crippen LogP contribution is 2.33. The average Bonchev–Trinajstić information content (AvgIpc) is 2.67. The van der Waals surface area contributed by atoms with Crippen LogP contribution in [0.15, 0.2) is 4.52 Å². The number of aromatic nitrogens is 2. The number of hydrogen-bond acceptors (Lipinski definition) is 5. The maximum atomic E-state index is 5.67. The highest BCUT2D eigenvalue weighted by molar-refractivity contribution is 4.98. The molecule has 2 N–H and O–H groups in total. The van der Waals surface area contributed by atoms with Crippen LogP contribution < -0.4 is 5.73 Å². The summed E-state index contributed by atoms with van der Waals surface area (Å²) in [5.41, 5.74) is 5.01. The van der Waals surface area contributed by atoms with Gasteiger partial charge in [0, 0.05) is 6.61 Å². The topological polar surface area (TPSA) is 74.2 Å². The van der Waals surface area contributed by atoms with E-state index < -0.39 is 5.60 Å². The summed E-state index contributed by atoms with van der Waals surface area (Å²) in [4.78, 5) is 4.20. The van der Waals surface area contributed by atoms with Crippen LogP contribution in [0.1, 0.15) is 37.9 Å². The van der Waals surface area contributed by atoms with Crippen LogP contribution in [0.3, 0.4) is 0 Å². The zero-order valence-electron chi connectivity index (χ0n) is 8.32. The lowest BCUT2D eigenvalue weighted by molar-refractivity contribution is -0.0891. The number of hydrogen-bond donors (Lipinski definition) is 1. The molecule has 1 aromatic rings. The van der Waals surface area contributed by atoms with Gasteiger partial charge in [-0.15, -0.1) is 0 Å². The Hall–Kier alpha value is -0.940. The first kappa shape index (κ1) is 9.61. The van der Waals surface area contributed by atoms with E-state index in [0.717, 1.165) is 25.9 Å². The van der Waals surface area contributed by atoms with Gasteiger partial charge >= 0.3 is 0 Å². The van der Waals surface area contributed by atoms with Crippen molar-refractivity contribution in [1.29, 1.82) is 0 Å². The van der Waals surface area contributed by atoms with E-state index in [4.69, 9.17) is 15.0 Å². The second-order valence-electron chi connectivity index (χ2n) is 3.76. The number of rotatable bonds is 2. The number of ether oxygens (including phenoxy) is 1. The molecule has 1 unspecified atom stereocenters. The molecule has 0 aromatic carbocycles. The molecule has 78 valence electrons. The molecule has 1 aliphatic heterocycles. The molecule has 2 heterocycles. The maximum absolute atomic E-state index is 5.67. The second kappa shape index (κ2) is 3.67. The molecular formula is C9H15N3O2. The van der Waals surface area contributed by atoms with Crippen molar-refractivity contribution in [2.75, 3.05) is 6.61 Å². The average molecular weight is 197 g/mol. The highest BCUT2D eigenvalue weighted by atomic mass is 16.5. The van der Waals surface area contributed by atoms with Gasteiger partial charge in [0.15, 0.2) is 5.82 Å². The van der Waals surface area contributed by atoms with Crippen LogP contribution in [0.25, 0.3) is 0 Å². The van der Waals surface area contributed by atoms with Crippen LogP contribution in [0.2, 0.25) is 0 Å². The number of nitrogens with zero attached hydrogens (tertiary/aromatic N) is 2. The lowest BCUT2D eigenvalue weighted by Gasteiger charge is -2.29.